The molecule has 0 radical (unpaired) electrons. The van der Waals surface area contributed by atoms with Gasteiger partial charge in [0, 0.05) is 13.1 Å². The van der Waals surface area contributed by atoms with Crippen LogP contribution in [0.2, 0.25) is 0 Å². The molecule has 3 heterocycles. The highest BCUT2D eigenvalue weighted by molar-refractivity contribution is 5.93. The quantitative estimate of drug-likeness (QED) is 0.420. The number of rotatable bonds is 5. The maximum absolute atomic E-state index is 13.7. The van der Waals surface area contributed by atoms with Gasteiger partial charge in [0.15, 0.2) is 11.5 Å². The highest BCUT2D eigenvalue weighted by Crippen LogP contribution is 2.29. The van der Waals surface area contributed by atoms with E-state index in [0.717, 1.165) is 5.75 Å². The standard InChI is InChI=1S/C28H28N6O3/c1-4-5-24(35)32-15-14-21(16-32)34-27-25(26(29)30-17-31-27)33(28(34)36)20-8-12-23(13-9-20)37-22-10-6-19(7-11-22)18(2)3/h6-13,17-18,21H,14-16H2,1-3H3,(H2,29,30,31). The van der Waals surface area contributed by atoms with Crippen LogP contribution in [0.25, 0.3) is 16.9 Å². The number of nitrogens with zero attached hydrogens (tertiary/aromatic N) is 5. The first-order valence-electron chi connectivity index (χ1n) is 12.2. The van der Waals surface area contributed by atoms with Crippen LogP contribution in [-0.4, -0.2) is 43.0 Å². The zero-order chi connectivity index (χ0) is 26.1. The number of nitrogens with two attached hydrogens (primary N) is 1. The van der Waals surface area contributed by atoms with Crippen LogP contribution in [0.1, 0.15) is 44.7 Å². The second-order valence-corrected chi connectivity index (χ2v) is 9.31. The molecule has 2 aromatic heterocycles. The molecule has 1 atom stereocenters. The van der Waals surface area contributed by atoms with Crippen molar-refractivity contribution in [3.63, 3.8) is 0 Å². The molecule has 9 heteroatoms. The van der Waals surface area contributed by atoms with Crippen LogP contribution in [-0.2, 0) is 4.79 Å². The van der Waals surface area contributed by atoms with Gasteiger partial charge in [0.25, 0.3) is 5.91 Å². The average molecular weight is 497 g/mol. The molecule has 188 valence electrons. The van der Waals surface area contributed by atoms with Crippen LogP contribution >= 0.6 is 0 Å². The van der Waals surface area contributed by atoms with Gasteiger partial charge in [-0.1, -0.05) is 31.9 Å². The highest BCUT2D eigenvalue weighted by Gasteiger charge is 2.31. The summed E-state index contributed by atoms with van der Waals surface area (Å²) in [7, 11) is 0. The van der Waals surface area contributed by atoms with Gasteiger partial charge in [0.1, 0.15) is 23.3 Å². The molecule has 2 aromatic carbocycles. The molecule has 37 heavy (non-hydrogen) atoms. The molecule has 0 bridgehead atoms. The molecular weight excluding hydrogens is 468 g/mol. The molecule has 1 unspecified atom stereocenters. The first kappa shape index (κ1) is 24.1. The maximum Gasteiger partial charge on any atom is 0.335 e. The monoisotopic (exact) mass is 496 g/mol. The molecule has 1 aliphatic heterocycles. The molecule has 0 saturated carbocycles. The minimum Gasteiger partial charge on any atom is -0.457 e. The number of hydrogen-bond acceptors (Lipinski definition) is 6. The molecule has 0 spiro atoms. The van der Waals surface area contributed by atoms with Crippen molar-refractivity contribution in [3.8, 4) is 29.0 Å². The molecule has 1 fully saturated rings. The third-order valence-corrected chi connectivity index (χ3v) is 6.61. The Hall–Kier alpha value is -4.58. The minimum atomic E-state index is -0.291. The number of hydrogen-bond donors (Lipinski definition) is 1. The van der Waals surface area contributed by atoms with Crippen molar-refractivity contribution in [2.75, 3.05) is 18.8 Å². The number of benzene rings is 2. The van der Waals surface area contributed by atoms with Gasteiger partial charge in [0.05, 0.1) is 11.7 Å². The summed E-state index contributed by atoms with van der Waals surface area (Å²) in [6, 6.07) is 15.0. The van der Waals surface area contributed by atoms with Crippen molar-refractivity contribution in [2.24, 2.45) is 0 Å². The molecule has 0 aliphatic carbocycles. The van der Waals surface area contributed by atoms with E-state index in [-0.39, 0.29) is 23.5 Å². The van der Waals surface area contributed by atoms with Gasteiger partial charge in [-0.05, 0) is 67.1 Å². The molecule has 1 saturated heterocycles. The smallest absolute Gasteiger partial charge is 0.335 e. The van der Waals surface area contributed by atoms with Gasteiger partial charge in [-0.2, -0.15) is 0 Å². The molecule has 2 N–H and O–H groups in total. The fourth-order valence-electron chi connectivity index (χ4n) is 4.68. The first-order valence-corrected chi connectivity index (χ1v) is 12.2. The summed E-state index contributed by atoms with van der Waals surface area (Å²) in [6.07, 6.45) is 1.96. The number of carbonyl (C=O) groups excluding carboxylic acids is 1. The molecule has 1 aliphatic rings. The van der Waals surface area contributed by atoms with E-state index < -0.39 is 0 Å². The topological polar surface area (TPSA) is 108 Å². The molecule has 5 rings (SSSR count). The van der Waals surface area contributed by atoms with E-state index >= 15 is 0 Å². The predicted molar refractivity (Wildman–Crippen MR) is 142 cm³/mol. The molecular formula is C28H28N6O3. The normalized spacial score (nSPS) is 15.1. The van der Waals surface area contributed by atoms with Crippen molar-refractivity contribution >= 4 is 22.9 Å². The van der Waals surface area contributed by atoms with Crippen LogP contribution in [0, 0.1) is 11.8 Å². The van der Waals surface area contributed by atoms with Crippen molar-refractivity contribution < 1.29 is 9.53 Å². The summed E-state index contributed by atoms with van der Waals surface area (Å²) >= 11 is 0. The first-order chi connectivity index (χ1) is 17.9. The number of carbonyl (C=O) groups is 1. The summed E-state index contributed by atoms with van der Waals surface area (Å²) in [5, 5.41) is 0. The minimum absolute atomic E-state index is 0.203. The largest absolute Gasteiger partial charge is 0.457 e. The summed E-state index contributed by atoms with van der Waals surface area (Å²) in [4.78, 5) is 36.2. The van der Waals surface area contributed by atoms with Crippen molar-refractivity contribution in [1.82, 2.24) is 24.0 Å². The van der Waals surface area contributed by atoms with E-state index in [4.69, 9.17) is 10.5 Å². The summed E-state index contributed by atoms with van der Waals surface area (Å²) in [5.41, 5.74) is 8.66. The SMILES string of the molecule is CC#CC(=O)N1CCC(n2c(=O)n(-c3ccc(Oc4ccc(C(C)C)cc4)cc3)c3c(N)ncnc32)C1. The predicted octanol–water partition coefficient (Wildman–Crippen LogP) is 3.88. The molecule has 1 amide bonds. The Balaban J connectivity index is 1.48. The van der Waals surface area contributed by atoms with E-state index in [1.54, 1.807) is 40.7 Å². The average Bonchev–Trinajstić information content (AvgIpc) is 3.48. The number of ether oxygens (including phenoxy) is 1. The van der Waals surface area contributed by atoms with Crippen LogP contribution in [0.15, 0.2) is 59.7 Å². The zero-order valence-corrected chi connectivity index (χ0v) is 21.0. The number of likely N-dealkylation sites (tertiary alicyclic amines) is 1. The van der Waals surface area contributed by atoms with Gasteiger partial charge < -0.3 is 15.4 Å². The Morgan fingerprint density at radius 1 is 1.08 bits per heavy atom. The molecule has 4 aromatic rings. The summed E-state index contributed by atoms with van der Waals surface area (Å²) in [6.45, 7) is 6.81. The fourth-order valence-corrected chi connectivity index (χ4v) is 4.68. The second kappa shape index (κ2) is 9.82. The fraction of sp³-hybridized carbons (Fsp3) is 0.286. The molecule has 9 nitrogen and oxygen atoms in total. The van der Waals surface area contributed by atoms with Crippen molar-refractivity contribution in [2.45, 2.75) is 39.2 Å². The van der Waals surface area contributed by atoms with E-state index in [0.29, 0.717) is 48.0 Å². The number of aromatic nitrogens is 4. The maximum atomic E-state index is 13.7. The summed E-state index contributed by atoms with van der Waals surface area (Å²) < 4.78 is 9.12. The lowest BCUT2D eigenvalue weighted by Gasteiger charge is -2.14. The van der Waals surface area contributed by atoms with E-state index in [1.165, 1.54) is 16.5 Å². The van der Waals surface area contributed by atoms with Crippen molar-refractivity contribution in [3.05, 3.63) is 70.9 Å². The zero-order valence-electron chi connectivity index (χ0n) is 21.0. The van der Waals surface area contributed by atoms with Gasteiger partial charge in [0.2, 0.25) is 0 Å². The van der Waals surface area contributed by atoms with Crippen LogP contribution in [0.5, 0.6) is 11.5 Å². The lowest BCUT2D eigenvalue weighted by molar-refractivity contribution is -0.124. The number of amides is 1. The van der Waals surface area contributed by atoms with Gasteiger partial charge in [-0.3, -0.25) is 13.9 Å². The Kier molecular flexibility index (Phi) is 6.40. The van der Waals surface area contributed by atoms with E-state index in [9.17, 15) is 9.59 Å². The Labute approximate surface area is 214 Å². The number of anilines is 1. The summed E-state index contributed by atoms with van der Waals surface area (Å²) in [5.74, 6) is 6.99. The highest BCUT2D eigenvalue weighted by atomic mass is 16.5. The Bertz CT molecular complexity index is 1570. The van der Waals surface area contributed by atoms with Crippen molar-refractivity contribution in [1.29, 1.82) is 0 Å². The lowest BCUT2D eigenvalue weighted by Crippen LogP contribution is -2.31. The van der Waals surface area contributed by atoms with Gasteiger partial charge in [-0.25, -0.2) is 14.8 Å². The number of imidazole rings is 1. The Morgan fingerprint density at radius 2 is 1.76 bits per heavy atom. The van der Waals surface area contributed by atoms with Gasteiger partial charge >= 0.3 is 5.69 Å². The second-order valence-electron chi connectivity index (χ2n) is 9.31. The van der Waals surface area contributed by atoms with Crippen LogP contribution < -0.4 is 16.2 Å². The Morgan fingerprint density at radius 3 is 2.41 bits per heavy atom. The van der Waals surface area contributed by atoms with E-state index in [1.807, 2.05) is 12.1 Å². The van der Waals surface area contributed by atoms with Crippen LogP contribution in [0.3, 0.4) is 0 Å². The third kappa shape index (κ3) is 4.54. The van der Waals surface area contributed by atoms with Crippen LogP contribution in [0.4, 0.5) is 5.82 Å². The third-order valence-electron chi connectivity index (χ3n) is 6.61. The number of fused-ring (bicyclic) bond motifs is 1. The van der Waals surface area contributed by atoms with Gasteiger partial charge in [-0.15, -0.1) is 0 Å². The van der Waals surface area contributed by atoms with E-state index in [2.05, 4.69) is 47.8 Å². The lowest BCUT2D eigenvalue weighted by atomic mass is 10.0. The number of nitrogen functional groups attached to an aromatic ring is 1.